The molecule has 2 heterocycles. The quantitative estimate of drug-likeness (QED) is 0.772. The summed E-state index contributed by atoms with van der Waals surface area (Å²) in [7, 11) is 0. The number of likely N-dealkylation sites (tertiary alicyclic amines) is 2. The molecule has 1 atom stereocenters. The predicted molar refractivity (Wildman–Crippen MR) is 64.4 cm³/mol. The third-order valence-corrected chi connectivity index (χ3v) is 4.65. The Kier molecular flexibility index (Phi) is 3.18. The Morgan fingerprint density at radius 3 is 2.00 bits per heavy atom. The van der Waals surface area contributed by atoms with E-state index in [1.165, 1.54) is 51.7 Å². The molecule has 0 aromatic carbocycles. The van der Waals surface area contributed by atoms with Gasteiger partial charge in [-0.1, -0.05) is 0 Å². The van der Waals surface area contributed by atoms with Crippen molar-refractivity contribution in [1.82, 2.24) is 9.80 Å². The number of hydrogen-bond acceptors (Lipinski definition) is 3. The van der Waals surface area contributed by atoms with Gasteiger partial charge >= 0.3 is 0 Å². The van der Waals surface area contributed by atoms with Crippen LogP contribution < -0.4 is 0 Å². The second kappa shape index (κ2) is 4.63. The maximum Gasteiger partial charge on any atom is 0.0471 e. The van der Waals surface area contributed by atoms with Crippen molar-refractivity contribution >= 4 is 0 Å². The highest BCUT2D eigenvalue weighted by molar-refractivity contribution is 4.91. The molecule has 1 unspecified atom stereocenters. The van der Waals surface area contributed by atoms with Crippen molar-refractivity contribution in [3.8, 4) is 0 Å². The van der Waals surface area contributed by atoms with E-state index in [9.17, 15) is 5.11 Å². The Morgan fingerprint density at radius 2 is 1.44 bits per heavy atom. The van der Waals surface area contributed by atoms with Crippen LogP contribution in [-0.4, -0.2) is 59.8 Å². The molecule has 0 amide bonds. The first-order valence-corrected chi connectivity index (χ1v) is 6.96. The number of piperidine rings is 1. The second-order valence-electron chi connectivity index (χ2n) is 5.83. The first-order valence-electron chi connectivity index (χ1n) is 6.96. The fourth-order valence-corrected chi connectivity index (χ4v) is 3.40. The molecular weight excluding hydrogens is 200 g/mol. The van der Waals surface area contributed by atoms with Crippen molar-refractivity contribution in [2.45, 2.75) is 44.2 Å². The Labute approximate surface area is 98.4 Å². The fourth-order valence-electron chi connectivity index (χ4n) is 3.40. The summed E-state index contributed by atoms with van der Waals surface area (Å²) in [5.41, 5.74) is 0. The van der Waals surface area contributed by atoms with Crippen LogP contribution in [0, 0.1) is 5.92 Å². The van der Waals surface area contributed by atoms with Crippen LogP contribution in [0.2, 0.25) is 0 Å². The average Bonchev–Trinajstić information content (AvgIpc) is 3.07. The summed E-state index contributed by atoms with van der Waals surface area (Å²) in [4.78, 5) is 5.32. The molecule has 1 N–H and O–H groups in total. The molecule has 0 spiro atoms. The van der Waals surface area contributed by atoms with Crippen LogP contribution in [0.4, 0.5) is 0 Å². The van der Waals surface area contributed by atoms with Gasteiger partial charge in [-0.25, -0.2) is 0 Å². The van der Waals surface area contributed by atoms with Gasteiger partial charge in [0.05, 0.1) is 0 Å². The molecule has 2 aliphatic heterocycles. The van der Waals surface area contributed by atoms with Crippen molar-refractivity contribution in [1.29, 1.82) is 0 Å². The Balaban J connectivity index is 1.46. The smallest absolute Gasteiger partial charge is 0.0471 e. The minimum Gasteiger partial charge on any atom is -0.396 e. The van der Waals surface area contributed by atoms with E-state index < -0.39 is 0 Å². The Morgan fingerprint density at radius 1 is 0.812 bits per heavy atom. The number of rotatable bonds is 3. The molecule has 0 radical (unpaired) electrons. The fraction of sp³-hybridized carbons (Fsp3) is 1.00. The standard InChI is InChI=1S/C13H24N2O/c16-10-11-3-6-15(9-11)13-4-7-14(8-5-13)12-1-2-12/h11-13,16H,1-10H2. The molecule has 3 rings (SSSR count). The third kappa shape index (κ3) is 2.27. The normalized spacial score (nSPS) is 34.7. The van der Waals surface area contributed by atoms with Crippen LogP contribution in [0.5, 0.6) is 0 Å². The monoisotopic (exact) mass is 224 g/mol. The molecule has 3 aliphatic rings. The van der Waals surface area contributed by atoms with Crippen LogP contribution in [0.1, 0.15) is 32.1 Å². The minimum absolute atomic E-state index is 0.386. The highest BCUT2D eigenvalue weighted by atomic mass is 16.3. The van der Waals surface area contributed by atoms with Crippen molar-refractivity contribution in [2.75, 3.05) is 32.8 Å². The average molecular weight is 224 g/mol. The lowest BCUT2D eigenvalue weighted by Crippen LogP contribution is -2.44. The second-order valence-corrected chi connectivity index (χ2v) is 5.83. The van der Waals surface area contributed by atoms with Gasteiger partial charge in [0.15, 0.2) is 0 Å². The maximum atomic E-state index is 9.17. The van der Waals surface area contributed by atoms with Crippen LogP contribution in [0.15, 0.2) is 0 Å². The Bertz CT molecular complexity index is 234. The summed E-state index contributed by atoms with van der Waals surface area (Å²) in [5.74, 6) is 0.557. The van der Waals surface area contributed by atoms with Crippen molar-refractivity contribution < 1.29 is 5.11 Å². The first-order chi connectivity index (χ1) is 7.86. The molecule has 1 aliphatic carbocycles. The van der Waals surface area contributed by atoms with Gasteiger partial charge < -0.3 is 10.0 Å². The molecule has 3 nitrogen and oxygen atoms in total. The van der Waals surface area contributed by atoms with E-state index in [1.807, 2.05) is 0 Å². The van der Waals surface area contributed by atoms with E-state index in [4.69, 9.17) is 0 Å². The zero-order valence-electron chi connectivity index (χ0n) is 10.1. The summed E-state index contributed by atoms with van der Waals surface area (Å²) in [6.07, 6.45) is 6.81. The Hall–Kier alpha value is -0.120. The van der Waals surface area contributed by atoms with Crippen LogP contribution >= 0.6 is 0 Å². The summed E-state index contributed by atoms with van der Waals surface area (Å²) < 4.78 is 0. The molecule has 2 saturated heterocycles. The number of aliphatic hydroxyl groups is 1. The van der Waals surface area contributed by atoms with Gasteiger partial charge in [0, 0.05) is 25.2 Å². The summed E-state index contributed by atoms with van der Waals surface area (Å²) >= 11 is 0. The zero-order valence-corrected chi connectivity index (χ0v) is 10.1. The number of nitrogens with zero attached hydrogens (tertiary/aromatic N) is 2. The van der Waals surface area contributed by atoms with E-state index in [1.54, 1.807) is 0 Å². The van der Waals surface area contributed by atoms with Crippen LogP contribution in [-0.2, 0) is 0 Å². The van der Waals surface area contributed by atoms with Gasteiger partial charge in [0.25, 0.3) is 0 Å². The lowest BCUT2D eigenvalue weighted by molar-refractivity contribution is 0.115. The number of aliphatic hydroxyl groups excluding tert-OH is 1. The third-order valence-electron chi connectivity index (χ3n) is 4.65. The minimum atomic E-state index is 0.386. The van der Waals surface area contributed by atoms with Crippen LogP contribution in [0.3, 0.4) is 0 Å². The molecule has 3 fully saturated rings. The van der Waals surface area contributed by atoms with Gasteiger partial charge in [0.1, 0.15) is 0 Å². The van der Waals surface area contributed by atoms with Crippen molar-refractivity contribution in [3.63, 3.8) is 0 Å². The van der Waals surface area contributed by atoms with E-state index >= 15 is 0 Å². The van der Waals surface area contributed by atoms with Gasteiger partial charge in [0.2, 0.25) is 0 Å². The molecule has 0 bridgehead atoms. The van der Waals surface area contributed by atoms with E-state index in [-0.39, 0.29) is 0 Å². The first kappa shape index (κ1) is 11.0. The summed E-state index contributed by atoms with van der Waals surface area (Å²) in [6.45, 7) is 5.38. The lowest BCUT2D eigenvalue weighted by atomic mass is 10.0. The largest absolute Gasteiger partial charge is 0.396 e. The predicted octanol–water partition coefficient (Wildman–Crippen LogP) is 0.927. The SMILES string of the molecule is OCC1CCN(C2CCN(C3CC3)CC2)C1. The molecule has 3 heteroatoms. The molecule has 1 saturated carbocycles. The molecular formula is C13H24N2O. The van der Waals surface area contributed by atoms with E-state index in [0.29, 0.717) is 12.5 Å². The summed E-state index contributed by atoms with van der Waals surface area (Å²) in [6, 6.07) is 1.76. The topological polar surface area (TPSA) is 26.7 Å². The summed E-state index contributed by atoms with van der Waals surface area (Å²) in [5, 5.41) is 9.17. The van der Waals surface area contributed by atoms with Gasteiger partial charge in [-0.05, 0) is 57.7 Å². The molecule has 0 aromatic heterocycles. The lowest BCUT2D eigenvalue weighted by Gasteiger charge is -2.36. The van der Waals surface area contributed by atoms with E-state index in [2.05, 4.69) is 9.80 Å². The zero-order chi connectivity index (χ0) is 11.0. The molecule has 92 valence electrons. The van der Waals surface area contributed by atoms with Crippen molar-refractivity contribution in [2.24, 2.45) is 5.92 Å². The molecule has 0 aromatic rings. The van der Waals surface area contributed by atoms with Gasteiger partial charge in [-0.15, -0.1) is 0 Å². The number of hydrogen-bond donors (Lipinski definition) is 1. The maximum absolute atomic E-state index is 9.17. The highest BCUT2D eigenvalue weighted by Crippen LogP contribution is 2.31. The van der Waals surface area contributed by atoms with Gasteiger partial charge in [-0.3, -0.25) is 4.90 Å². The molecule has 16 heavy (non-hydrogen) atoms. The van der Waals surface area contributed by atoms with Crippen LogP contribution in [0.25, 0.3) is 0 Å². The van der Waals surface area contributed by atoms with Crippen molar-refractivity contribution in [3.05, 3.63) is 0 Å². The van der Waals surface area contributed by atoms with E-state index in [0.717, 1.165) is 18.6 Å². The van der Waals surface area contributed by atoms with Gasteiger partial charge in [-0.2, -0.15) is 0 Å². The highest BCUT2D eigenvalue weighted by Gasteiger charge is 2.35.